The first-order chi connectivity index (χ1) is 13.9. The number of sulfonamides is 1. The van der Waals surface area contributed by atoms with Gasteiger partial charge in [0, 0.05) is 42.0 Å². The van der Waals surface area contributed by atoms with Crippen LogP contribution in [0.3, 0.4) is 0 Å². The Labute approximate surface area is 179 Å². The summed E-state index contributed by atoms with van der Waals surface area (Å²) in [6, 6.07) is 10.8. The van der Waals surface area contributed by atoms with Crippen molar-refractivity contribution in [3.8, 4) is 5.75 Å². The van der Waals surface area contributed by atoms with Gasteiger partial charge in [-0.05, 0) is 48.2 Å². The molecule has 0 bridgehead atoms. The molecular weight excluding hydrogens is 430 g/mol. The summed E-state index contributed by atoms with van der Waals surface area (Å²) in [5.74, 6) is 0.689. The summed E-state index contributed by atoms with van der Waals surface area (Å²) in [7, 11) is -2.15. The van der Waals surface area contributed by atoms with Crippen molar-refractivity contribution < 1.29 is 13.2 Å². The van der Waals surface area contributed by atoms with Crippen LogP contribution in [-0.2, 0) is 10.0 Å². The number of methoxy groups -OCH3 is 1. The molecule has 1 aromatic heterocycles. The van der Waals surface area contributed by atoms with Gasteiger partial charge in [-0.15, -0.1) is 11.3 Å². The van der Waals surface area contributed by atoms with Gasteiger partial charge in [-0.25, -0.2) is 8.42 Å². The van der Waals surface area contributed by atoms with E-state index in [0.29, 0.717) is 26.2 Å². The summed E-state index contributed by atoms with van der Waals surface area (Å²) in [5, 5.41) is 4.76. The Hall–Kier alpha value is -2.00. The average Bonchev–Trinajstić information content (AvgIpc) is 3.05. The minimum atomic E-state index is -3.76. The average molecular weight is 452 g/mol. The number of piperazine rings is 1. The molecule has 0 aliphatic carbocycles. The van der Waals surface area contributed by atoms with Crippen molar-refractivity contribution >= 4 is 54.4 Å². The number of ether oxygens (including phenoxy) is 1. The van der Waals surface area contributed by atoms with E-state index in [1.165, 1.54) is 11.3 Å². The minimum Gasteiger partial charge on any atom is -0.497 e. The van der Waals surface area contributed by atoms with Crippen molar-refractivity contribution in [1.82, 2.24) is 5.32 Å². The highest BCUT2D eigenvalue weighted by molar-refractivity contribution is 7.95. The van der Waals surface area contributed by atoms with Gasteiger partial charge < -0.3 is 15.0 Å². The summed E-state index contributed by atoms with van der Waals surface area (Å²) in [5.41, 5.74) is 2.07. The van der Waals surface area contributed by atoms with Gasteiger partial charge in [-0.2, -0.15) is 0 Å². The Balaban J connectivity index is 1.74. The number of fused-ring (bicyclic) bond motifs is 1. The smallest absolute Gasteiger partial charge is 0.271 e. The molecule has 1 aliphatic heterocycles. The third-order valence-electron chi connectivity index (χ3n) is 5.01. The highest BCUT2D eigenvalue weighted by Crippen LogP contribution is 2.38. The number of nitrogens with zero attached hydrogens (tertiary/aromatic N) is 1. The lowest BCUT2D eigenvalue weighted by Gasteiger charge is -2.31. The Morgan fingerprint density at radius 1 is 1.17 bits per heavy atom. The number of benzene rings is 2. The van der Waals surface area contributed by atoms with Crippen LogP contribution in [0.1, 0.15) is 5.56 Å². The fraction of sp³-hybridized carbons (Fsp3) is 0.300. The van der Waals surface area contributed by atoms with E-state index in [9.17, 15) is 8.42 Å². The Morgan fingerprint density at radius 3 is 2.66 bits per heavy atom. The third-order valence-corrected chi connectivity index (χ3v) is 8.50. The topological polar surface area (TPSA) is 70.7 Å². The van der Waals surface area contributed by atoms with Crippen LogP contribution in [0.2, 0.25) is 5.02 Å². The van der Waals surface area contributed by atoms with Gasteiger partial charge in [0.2, 0.25) is 0 Å². The number of nitrogens with one attached hydrogen (secondary N) is 2. The number of halogens is 1. The number of thiophene rings is 1. The molecule has 0 amide bonds. The van der Waals surface area contributed by atoms with Crippen LogP contribution in [0.25, 0.3) is 10.1 Å². The van der Waals surface area contributed by atoms with Gasteiger partial charge in [0.25, 0.3) is 10.0 Å². The zero-order valence-corrected chi connectivity index (χ0v) is 18.5. The van der Waals surface area contributed by atoms with Crippen LogP contribution in [0, 0.1) is 6.92 Å². The lowest BCUT2D eigenvalue weighted by molar-refractivity contribution is 0.414. The SMILES string of the molecule is COc1ccc(NS(=O)(=O)c2sc3ccc(Cl)cc3c2C)c(N2CCNCC2)c1. The van der Waals surface area contributed by atoms with Gasteiger partial charge >= 0.3 is 0 Å². The Kier molecular flexibility index (Phi) is 5.61. The molecule has 1 aliphatic rings. The first-order valence-corrected chi connectivity index (χ1v) is 11.9. The first kappa shape index (κ1) is 20.3. The van der Waals surface area contributed by atoms with Crippen molar-refractivity contribution in [2.45, 2.75) is 11.1 Å². The van der Waals surface area contributed by atoms with Crippen LogP contribution in [-0.4, -0.2) is 41.7 Å². The quantitative estimate of drug-likeness (QED) is 0.611. The molecule has 1 fully saturated rings. The molecule has 4 rings (SSSR count). The van der Waals surface area contributed by atoms with E-state index in [0.717, 1.165) is 42.0 Å². The van der Waals surface area contributed by atoms with E-state index in [2.05, 4.69) is 14.9 Å². The van der Waals surface area contributed by atoms with Crippen LogP contribution < -0.4 is 19.7 Å². The maximum Gasteiger partial charge on any atom is 0.271 e. The van der Waals surface area contributed by atoms with Crippen molar-refractivity contribution in [2.24, 2.45) is 0 Å². The second kappa shape index (κ2) is 8.02. The first-order valence-electron chi connectivity index (χ1n) is 9.24. The standard InChI is InChI=1S/C20H22ClN3O3S2/c1-13-16-11-14(21)3-6-19(16)28-20(13)29(25,26)23-17-5-4-15(27-2)12-18(17)24-9-7-22-8-10-24/h3-6,11-12,22-23H,7-10H2,1-2H3. The maximum atomic E-state index is 13.3. The highest BCUT2D eigenvalue weighted by atomic mass is 35.5. The second-order valence-corrected chi connectivity index (χ2v) is 10.2. The molecule has 2 heterocycles. The molecule has 3 aromatic rings. The normalized spacial score (nSPS) is 14.9. The monoisotopic (exact) mass is 451 g/mol. The van der Waals surface area contributed by atoms with Gasteiger partial charge in [-0.1, -0.05) is 11.6 Å². The molecule has 6 nitrogen and oxygen atoms in total. The van der Waals surface area contributed by atoms with Gasteiger partial charge in [0.1, 0.15) is 9.96 Å². The van der Waals surface area contributed by atoms with Gasteiger partial charge in [0.15, 0.2) is 0 Å². The zero-order valence-electron chi connectivity index (χ0n) is 16.2. The lowest BCUT2D eigenvalue weighted by Crippen LogP contribution is -2.43. The number of rotatable bonds is 5. The molecule has 9 heteroatoms. The van der Waals surface area contributed by atoms with E-state index < -0.39 is 10.0 Å². The molecule has 0 atom stereocenters. The van der Waals surface area contributed by atoms with Crippen LogP contribution in [0.15, 0.2) is 40.6 Å². The van der Waals surface area contributed by atoms with Crippen molar-refractivity contribution in [3.63, 3.8) is 0 Å². The van der Waals surface area contributed by atoms with Crippen LogP contribution in [0.5, 0.6) is 5.75 Å². The second-order valence-electron chi connectivity index (χ2n) is 6.88. The molecule has 29 heavy (non-hydrogen) atoms. The van der Waals surface area contributed by atoms with Crippen molar-refractivity contribution in [2.75, 3.05) is 42.9 Å². The molecule has 2 N–H and O–H groups in total. The van der Waals surface area contributed by atoms with Crippen molar-refractivity contribution in [3.05, 3.63) is 47.0 Å². The zero-order chi connectivity index (χ0) is 20.6. The summed E-state index contributed by atoms with van der Waals surface area (Å²) >= 11 is 7.35. The number of anilines is 2. The minimum absolute atomic E-state index is 0.303. The molecule has 0 unspecified atom stereocenters. The summed E-state index contributed by atoms with van der Waals surface area (Å²) < 4.78 is 35.9. The predicted octanol–water partition coefficient (Wildman–Crippen LogP) is 4.08. The number of aryl methyl sites for hydroxylation is 1. The lowest BCUT2D eigenvalue weighted by atomic mass is 10.2. The van der Waals surface area contributed by atoms with E-state index in [1.54, 1.807) is 31.4 Å². The molecule has 0 radical (unpaired) electrons. The van der Waals surface area contributed by atoms with E-state index in [4.69, 9.17) is 16.3 Å². The van der Waals surface area contributed by atoms with Crippen LogP contribution >= 0.6 is 22.9 Å². The maximum absolute atomic E-state index is 13.3. The van der Waals surface area contributed by atoms with E-state index >= 15 is 0 Å². The van der Waals surface area contributed by atoms with Gasteiger partial charge in [-0.3, -0.25) is 4.72 Å². The molecular formula is C20H22ClN3O3S2. The van der Waals surface area contributed by atoms with E-state index in [1.807, 2.05) is 19.1 Å². The Bertz CT molecular complexity index is 1160. The number of hydrogen-bond donors (Lipinski definition) is 2. The number of hydrogen-bond acceptors (Lipinski definition) is 6. The predicted molar refractivity (Wildman–Crippen MR) is 120 cm³/mol. The van der Waals surface area contributed by atoms with E-state index in [-0.39, 0.29) is 0 Å². The summed E-state index contributed by atoms with van der Waals surface area (Å²) in [6.45, 7) is 5.10. The molecule has 1 saturated heterocycles. The fourth-order valence-corrected chi connectivity index (χ4v) is 6.50. The molecule has 0 spiro atoms. The third kappa shape index (κ3) is 4.02. The summed E-state index contributed by atoms with van der Waals surface area (Å²) in [6.07, 6.45) is 0. The molecule has 154 valence electrons. The fourth-order valence-electron chi connectivity index (χ4n) is 3.51. The molecule has 0 saturated carbocycles. The van der Waals surface area contributed by atoms with Crippen LogP contribution in [0.4, 0.5) is 11.4 Å². The molecule has 2 aromatic carbocycles. The van der Waals surface area contributed by atoms with Crippen molar-refractivity contribution in [1.29, 1.82) is 0 Å². The van der Waals surface area contributed by atoms with Gasteiger partial charge in [0.05, 0.1) is 18.5 Å². The largest absolute Gasteiger partial charge is 0.497 e. The summed E-state index contributed by atoms with van der Waals surface area (Å²) in [4.78, 5) is 2.16. The highest BCUT2D eigenvalue weighted by Gasteiger charge is 2.24. The Morgan fingerprint density at radius 2 is 1.93 bits per heavy atom.